The third-order valence-corrected chi connectivity index (χ3v) is 8.04. The van der Waals surface area contributed by atoms with E-state index in [1.165, 1.54) is 5.56 Å². The van der Waals surface area contributed by atoms with Crippen molar-refractivity contribution in [2.75, 3.05) is 0 Å². The van der Waals surface area contributed by atoms with E-state index in [-0.39, 0.29) is 6.17 Å². The number of pyridine rings is 1. The summed E-state index contributed by atoms with van der Waals surface area (Å²) in [6, 6.07) is 46.1. The van der Waals surface area contributed by atoms with Crippen LogP contribution in [0.25, 0.3) is 49.9 Å². The van der Waals surface area contributed by atoms with E-state index < -0.39 is 0 Å². The summed E-state index contributed by atoms with van der Waals surface area (Å²) in [7, 11) is 0. The van der Waals surface area contributed by atoms with Crippen LogP contribution in [0.3, 0.4) is 0 Å². The molecule has 0 radical (unpaired) electrons. The van der Waals surface area contributed by atoms with Gasteiger partial charge in [0.25, 0.3) is 0 Å². The monoisotopic (exact) mass is 553 g/mol. The third kappa shape index (κ3) is 4.59. The standard InChI is InChI=1S/C39H27N3O/c1-2-11-26(12-3-1)29-14-4-6-16-31(29)35-24-36(32-17-7-5-15-30(32)28-13-10-22-40-25-28)42-39(41-35)27-20-21-34-33-18-8-9-19-37(33)43-38(34)23-27/h1-25,39,41H. The zero-order valence-corrected chi connectivity index (χ0v) is 23.3. The van der Waals surface area contributed by atoms with Crippen molar-refractivity contribution in [2.24, 2.45) is 4.99 Å². The van der Waals surface area contributed by atoms with E-state index in [2.05, 4.69) is 126 Å². The highest BCUT2D eigenvalue weighted by molar-refractivity contribution is 6.16. The van der Waals surface area contributed by atoms with Gasteiger partial charge in [0.05, 0.1) is 5.71 Å². The normalized spacial score (nSPS) is 14.7. The van der Waals surface area contributed by atoms with E-state index in [1.807, 2.05) is 30.5 Å². The number of hydrogen-bond donors (Lipinski definition) is 1. The van der Waals surface area contributed by atoms with Crippen molar-refractivity contribution < 1.29 is 4.42 Å². The van der Waals surface area contributed by atoms with E-state index in [9.17, 15) is 0 Å². The molecule has 1 aliphatic rings. The van der Waals surface area contributed by atoms with Crippen LogP contribution >= 0.6 is 0 Å². The number of nitrogens with one attached hydrogen (secondary N) is 1. The first kappa shape index (κ1) is 25.0. The molecule has 43 heavy (non-hydrogen) atoms. The number of benzene rings is 5. The fourth-order valence-corrected chi connectivity index (χ4v) is 5.98. The van der Waals surface area contributed by atoms with Gasteiger partial charge in [0, 0.05) is 51.1 Å². The first-order valence-electron chi connectivity index (χ1n) is 14.4. The SMILES string of the molecule is C1=C(c2ccccc2-c2ccccc2)NC(c2ccc3c(c2)oc2ccccc23)N=C1c1ccccc1-c1cccnc1. The first-order valence-corrected chi connectivity index (χ1v) is 14.4. The van der Waals surface area contributed by atoms with Crippen LogP contribution in [0.5, 0.6) is 0 Å². The summed E-state index contributed by atoms with van der Waals surface area (Å²) < 4.78 is 6.26. The molecule has 0 saturated carbocycles. The molecule has 0 amide bonds. The Morgan fingerprint density at radius 2 is 1.23 bits per heavy atom. The van der Waals surface area contributed by atoms with Crippen molar-refractivity contribution in [3.05, 3.63) is 169 Å². The predicted octanol–water partition coefficient (Wildman–Crippen LogP) is 9.45. The van der Waals surface area contributed by atoms with E-state index >= 15 is 0 Å². The molecule has 0 fully saturated rings. The molecule has 3 heterocycles. The Morgan fingerprint density at radius 3 is 2.05 bits per heavy atom. The second-order valence-electron chi connectivity index (χ2n) is 10.7. The van der Waals surface area contributed by atoms with Crippen molar-refractivity contribution in [2.45, 2.75) is 6.17 Å². The third-order valence-electron chi connectivity index (χ3n) is 8.04. The molecule has 4 nitrogen and oxygen atoms in total. The van der Waals surface area contributed by atoms with Gasteiger partial charge in [-0.1, -0.05) is 115 Å². The number of fused-ring (bicyclic) bond motifs is 3. The number of aliphatic imine (C=N–C) groups is 1. The van der Waals surface area contributed by atoms with Gasteiger partial charge in [0.15, 0.2) is 0 Å². The van der Waals surface area contributed by atoms with Crippen molar-refractivity contribution >= 4 is 33.3 Å². The molecule has 8 rings (SSSR count). The fraction of sp³-hybridized carbons (Fsp3) is 0.0256. The lowest BCUT2D eigenvalue weighted by Crippen LogP contribution is -2.25. The van der Waals surface area contributed by atoms with E-state index in [0.717, 1.165) is 66.7 Å². The van der Waals surface area contributed by atoms with E-state index in [0.29, 0.717) is 0 Å². The maximum atomic E-state index is 6.26. The molecule has 204 valence electrons. The average Bonchev–Trinajstić information content (AvgIpc) is 3.47. The second kappa shape index (κ2) is 10.6. The maximum absolute atomic E-state index is 6.26. The summed E-state index contributed by atoms with van der Waals surface area (Å²) in [5.41, 5.74) is 11.4. The van der Waals surface area contributed by atoms with Crippen LogP contribution in [0.1, 0.15) is 22.9 Å². The molecule has 0 spiro atoms. The van der Waals surface area contributed by atoms with Gasteiger partial charge in [-0.15, -0.1) is 0 Å². The number of nitrogens with zero attached hydrogens (tertiary/aromatic N) is 2. The summed E-state index contributed by atoms with van der Waals surface area (Å²) in [6.45, 7) is 0. The van der Waals surface area contributed by atoms with Gasteiger partial charge in [-0.3, -0.25) is 9.98 Å². The molecule has 1 atom stereocenters. The topological polar surface area (TPSA) is 50.4 Å². The van der Waals surface area contributed by atoms with Crippen LogP contribution in [0, 0.1) is 0 Å². The lowest BCUT2D eigenvalue weighted by Gasteiger charge is -2.26. The average molecular weight is 554 g/mol. The van der Waals surface area contributed by atoms with Gasteiger partial charge in [-0.25, -0.2) is 0 Å². The van der Waals surface area contributed by atoms with Crippen molar-refractivity contribution in [3.63, 3.8) is 0 Å². The number of hydrogen-bond acceptors (Lipinski definition) is 4. The van der Waals surface area contributed by atoms with Crippen molar-refractivity contribution in [1.82, 2.24) is 10.3 Å². The molecule has 1 unspecified atom stereocenters. The zero-order valence-electron chi connectivity index (χ0n) is 23.3. The van der Waals surface area contributed by atoms with Crippen LogP contribution in [0.4, 0.5) is 0 Å². The van der Waals surface area contributed by atoms with Gasteiger partial charge in [0.1, 0.15) is 17.3 Å². The summed E-state index contributed by atoms with van der Waals surface area (Å²) in [6.07, 6.45) is 5.56. The minimum absolute atomic E-state index is 0.321. The molecule has 1 aliphatic heterocycles. The maximum Gasteiger partial charge on any atom is 0.145 e. The molecular weight excluding hydrogens is 526 g/mol. The molecular formula is C39H27N3O. The van der Waals surface area contributed by atoms with Crippen LogP contribution in [-0.2, 0) is 0 Å². The largest absolute Gasteiger partial charge is 0.456 e. The van der Waals surface area contributed by atoms with E-state index in [4.69, 9.17) is 9.41 Å². The molecule has 5 aromatic carbocycles. The predicted molar refractivity (Wildman–Crippen MR) is 176 cm³/mol. The lowest BCUT2D eigenvalue weighted by molar-refractivity contribution is 0.650. The minimum Gasteiger partial charge on any atom is -0.456 e. The van der Waals surface area contributed by atoms with Crippen LogP contribution < -0.4 is 5.32 Å². The molecule has 1 N–H and O–H groups in total. The Bertz CT molecular complexity index is 2160. The fourth-order valence-electron chi connectivity index (χ4n) is 5.98. The van der Waals surface area contributed by atoms with Gasteiger partial charge in [-0.2, -0.15) is 0 Å². The minimum atomic E-state index is -0.321. The summed E-state index contributed by atoms with van der Waals surface area (Å²) in [5, 5.41) is 5.99. The second-order valence-corrected chi connectivity index (χ2v) is 10.7. The lowest BCUT2D eigenvalue weighted by atomic mass is 9.92. The number of para-hydroxylation sites is 1. The Kier molecular flexibility index (Phi) is 6.16. The Labute approximate surface area is 249 Å². The highest BCUT2D eigenvalue weighted by Crippen LogP contribution is 2.36. The molecule has 0 aliphatic carbocycles. The Balaban J connectivity index is 1.30. The van der Waals surface area contributed by atoms with Crippen molar-refractivity contribution in [1.29, 1.82) is 0 Å². The van der Waals surface area contributed by atoms with Gasteiger partial charge >= 0.3 is 0 Å². The van der Waals surface area contributed by atoms with E-state index in [1.54, 1.807) is 6.20 Å². The molecule has 0 bridgehead atoms. The highest BCUT2D eigenvalue weighted by Gasteiger charge is 2.23. The Morgan fingerprint density at radius 1 is 0.558 bits per heavy atom. The summed E-state index contributed by atoms with van der Waals surface area (Å²) in [5.74, 6) is 0. The highest BCUT2D eigenvalue weighted by atomic mass is 16.3. The zero-order chi connectivity index (χ0) is 28.6. The van der Waals surface area contributed by atoms with Crippen LogP contribution in [0.2, 0.25) is 0 Å². The van der Waals surface area contributed by atoms with Crippen LogP contribution in [0.15, 0.2) is 161 Å². The quantitative estimate of drug-likeness (QED) is 0.231. The molecule has 2 aromatic heterocycles. The first-order chi connectivity index (χ1) is 21.3. The van der Waals surface area contributed by atoms with Gasteiger partial charge in [-0.05, 0) is 41.0 Å². The molecule has 0 saturated heterocycles. The number of aromatic nitrogens is 1. The van der Waals surface area contributed by atoms with Crippen molar-refractivity contribution in [3.8, 4) is 22.3 Å². The van der Waals surface area contributed by atoms with Gasteiger partial charge < -0.3 is 9.73 Å². The number of allylic oxidation sites excluding steroid dienone is 1. The van der Waals surface area contributed by atoms with Crippen LogP contribution in [-0.4, -0.2) is 10.7 Å². The smallest absolute Gasteiger partial charge is 0.145 e. The number of furan rings is 1. The van der Waals surface area contributed by atoms with Gasteiger partial charge in [0.2, 0.25) is 0 Å². The molecule has 4 heteroatoms. The molecule has 7 aromatic rings. The Hall–Kier alpha value is -5.74. The summed E-state index contributed by atoms with van der Waals surface area (Å²) >= 11 is 0. The number of rotatable bonds is 5. The summed E-state index contributed by atoms with van der Waals surface area (Å²) in [4.78, 5) is 9.70.